The predicted octanol–water partition coefficient (Wildman–Crippen LogP) is -0.0156. The summed E-state index contributed by atoms with van der Waals surface area (Å²) in [5.41, 5.74) is -0.105. The Morgan fingerprint density at radius 1 is 1.25 bits per heavy atom. The first kappa shape index (κ1) is 13.9. The van der Waals surface area contributed by atoms with Crippen molar-refractivity contribution in [3.63, 3.8) is 0 Å². The Bertz CT molecular complexity index is 187. The average molecular weight is 229 g/mol. The summed E-state index contributed by atoms with van der Waals surface area (Å²) in [6.07, 6.45) is 0.965. The lowest BCUT2D eigenvalue weighted by Crippen LogP contribution is -2.51. The van der Waals surface area contributed by atoms with Crippen molar-refractivity contribution >= 4 is 0 Å². The van der Waals surface area contributed by atoms with E-state index in [-0.39, 0.29) is 12.1 Å². The summed E-state index contributed by atoms with van der Waals surface area (Å²) in [5, 5.41) is 12.7. The van der Waals surface area contributed by atoms with Gasteiger partial charge in [-0.25, -0.2) is 0 Å². The second-order valence-electron chi connectivity index (χ2n) is 5.14. The molecule has 0 spiro atoms. The van der Waals surface area contributed by atoms with E-state index in [4.69, 9.17) is 0 Å². The quantitative estimate of drug-likeness (QED) is 0.672. The van der Waals surface area contributed by atoms with Crippen LogP contribution in [0.1, 0.15) is 20.3 Å². The predicted molar refractivity (Wildman–Crippen MR) is 67.7 cm³/mol. The van der Waals surface area contributed by atoms with Crippen molar-refractivity contribution in [3.05, 3.63) is 0 Å². The van der Waals surface area contributed by atoms with E-state index in [1.807, 2.05) is 0 Å². The molecule has 1 aliphatic rings. The Morgan fingerprint density at radius 3 is 2.38 bits per heavy atom. The maximum absolute atomic E-state index is 9.27. The van der Waals surface area contributed by atoms with Crippen molar-refractivity contribution in [3.8, 4) is 0 Å². The standard InChI is InChI=1S/C12H27N3O/c1-4-12(2,11-16)13-5-6-15-9-7-14(3)8-10-15/h13,16H,4-11H2,1-3H3. The summed E-state index contributed by atoms with van der Waals surface area (Å²) < 4.78 is 0. The van der Waals surface area contributed by atoms with Gasteiger partial charge in [0.25, 0.3) is 0 Å². The van der Waals surface area contributed by atoms with Gasteiger partial charge in [-0.1, -0.05) is 6.92 Å². The van der Waals surface area contributed by atoms with Crippen LogP contribution in [0.15, 0.2) is 0 Å². The molecule has 0 bridgehead atoms. The van der Waals surface area contributed by atoms with Crippen molar-refractivity contribution in [1.82, 2.24) is 15.1 Å². The van der Waals surface area contributed by atoms with Crippen LogP contribution in [0.4, 0.5) is 0 Å². The van der Waals surface area contributed by atoms with Gasteiger partial charge in [0.15, 0.2) is 0 Å². The first-order valence-electron chi connectivity index (χ1n) is 6.36. The zero-order valence-corrected chi connectivity index (χ0v) is 11.0. The molecule has 1 saturated heterocycles. The summed E-state index contributed by atoms with van der Waals surface area (Å²) >= 11 is 0. The SMILES string of the molecule is CCC(C)(CO)NCCN1CCN(C)CC1. The van der Waals surface area contributed by atoms with Gasteiger partial charge in [-0.2, -0.15) is 0 Å². The maximum atomic E-state index is 9.27. The highest BCUT2D eigenvalue weighted by molar-refractivity contribution is 4.81. The van der Waals surface area contributed by atoms with E-state index in [1.165, 1.54) is 26.2 Å². The molecule has 0 saturated carbocycles. The fourth-order valence-corrected chi connectivity index (χ4v) is 1.88. The molecule has 2 N–H and O–H groups in total. The topological polar surface area (TPSA) is 38.7 Å². The molecule has 16 heavy (non-hydrogen) atoms. The Labute approximate surface area is 99.6 Å². The third kappa shape index (κ3) is 4.37. The number of nitrogens with zero attached hydrogens (tertiary/aromatic N) is 2. The van der Waals surface area contributed by atoms with E-state index in [2.05, 4.69) is 36.0 Å². The minimum Gasteiger partial charge on any atom is -0.394 e. The Balaban J connectivity index is 2.15. The normalized spacial score (nSPS) is 23.2. The molecule has 1 aliphatic heterocycles. The van der Waals surface area contributed by atoms with Gasteiger partial charge in [0.1, 0.15) is 0 Å². The minimum atomic E-state index is -0.105. The van der Waals surface area contributed by atoms with Crippen molar-refractivity contribution < 1.29 is 5.11 Å². The van der Waals surface area contributed by atoms with E-state index in [0.717, 1.165) is 19.5 Å². The number of aliphatic hydroxyl groups is 1. The second-order valence-corrected chi connectivity index (χ2v) is 5.14. The summed E-state index contributed by atoms with van der Waals surface area (Å²) in [7, 11) is 2.18. The highest BCUT2D eigenvalue weighted by Gasteiger charge is 2.20. The van der Waals surface area contributed by atoms with Crippen molar-refractivity contribution in [1.29, 1.82) is 0 Å². The van der Waals surface area contributed by atoms with Gasteiger partial charge in [0, 0.05) is 44.8 Å². The Hall–Kier alpha value is -0.160. The van der Waals surface area contributed by atoms with Crippen LogP contribution in [-0.2, 0) is 0 Å². The zero-order valence-electron chi connectivity index (χ0n) is 11.0. The number of aliphatic hydroxyl groups excluding tert-OH is 1. The molecular formula is C12H27N3O. The highest BCUT2D eigenvalue weighted by Crippen LogP contribution is 2.07. The van der Waals surface area contributed by atoms with Crippen LogP contribution >= 0.6 is 0 Å². The summed E-state index contributed by atoms with van der Waals surface area (Å²) in [6, 6.07) is 0. The molecule has 1 fully saturated rings. The van der Waals surface area contributed by atoms with Gasteiger partial charge in [-0.15, -0.1) is 0 Å². The smallest absolute Gasteiger partial charge is 0.0610 e. The van der Waals surface area contributed by atoms with E-state index in [0.29, 0.717) is 0 Å². The molecule has 4 nitrogen and oxygen atoms in total. The van der Waals surface area contributed by atoms with Crippen LogP contribution in [0.2, 0.25) is 0 Å². The van der Waals surface area contributed by atoms with Crippen LogP contribution in [0, 0.1) is 0 Å². The molecule has 0 aromatic heterocycles. The van der Waals surface area contributed by atoms with E-state index >= 15 is 0 Å². The summed E-state index contributed by atoms with van der Waals surface area (Å²) in [5.74, 6) is 0. The number of hydrogen-bond acceptors (Lipinski definition) is 4. The van der Waals surface area contributed by atoms with E-state index in [1.54, 1.807) is 0 Å². The van der Waals surface area contributed by atoms with Crippen LogP contribution in [-0.4, -0.2) is 73.4 Å². The molecule has 1 unspecified atom stereocenters. The van der Waals surface area contributed by atoms with Crippen LogP contribution in [0.5, 0.6) is 0 Å². The highest BCUT2D eigenvalue weighted by atomic mass is 16.3. The minimum absolute atomic E-state index is 0.105. The number of piperazine rings is 1. The lowest BCUT2D eigenvalue weighted by Gasteiger charge is -2.34. The monoisotopic (exact) mass is 229 g/mol. The molecule has 0 aliphatic carbocycles. The van der Waals surface area contributed by atoms with Gasteiger partial charge in [0.05, 0.1) is 6.61 Å². The second kappa shape index (κ2) is 6.55. The Morgan fingerprint density at radius 2 is 1.88 bits per heavy atom. The lowest BCUT2D eigenvalue weighted by atomic mass is 10.0. The molecule has 0 aromatic rings. The first-order valence-corrected chi connectivity index (χ1v) is 6.36. The van der Waals surface area contributed by atoms with Gasteiger partial charge in [-0.05, 0) is 20.4 Å². The summed E-state index contributed by atoms with van der Waals surface area (Å²) in [4.78, 5) is 4.86. The van der Waals surface area contributed by atoms with E-state index < -0.39 is 0 Å². The fourth-order valence-electron chi connectivity index (χ4n) is 1.88. The molecule has 1 heterocycles. The fraction of sp³-hybridized carbons (Fsp3) is 1.00. The molecule has 1 rings (SSSR count). The largest absolute Gasteiger partial charge is 0.394 e. The molecule has 0 amide bonds. The number of rotatable bonds is 6. The van der Waals surface area contributed by atoms with Crippen LogP contribution in [0.3, 0.4) is 0 Å². The summed E-state index contributed by atoms with van der Waals surface area (Å²) in [6.45, 7) is 11.1. The molecule has 1 atom stereocenters. The Kier molecular flexibility index (Phi) is 5.69. The van der Waals surface area contributed by atoms with Crippen molar-refractivity contribution in [2.75, 3.05) is 52.9 Å². The average Bonchev–Trinajstić information content (AvgIpc) is 2.31. The van der Waals surface area contributed by atoms with Gasteiger partial charge in [-0.3, -0.25) is 4.90 Å². The van der Waals surface area contributed by atoms with Gasteiger partial charge in [0.2, 0.25) is 0 Å². The number of likely N-dealkylation sites (N-methyl/N-ethyl adjacent to an activating group) is 1. The van der Waals surface area contributed by atoms with Crippen molar-refractivity contribution in [2.24, 2.45) is 0 Å². The maximum Gasteiger partial charge on any atom is 0.0610 e. The molecule has 96 valence electrons. The third-order valence-corrected chi connectivity index (χ3v) is 3.71. The van der Waals surface area contributed by atoms with Gasteiger partial charge < -0.3 is 15.3 Å². The first-order chi connectivity index (χ1) is 7.59. The molecular weight excluding hydrogens is 202 g/mol. The molecule has 4 heteroatoms. The molecule has 0 radical (unpaired) electrons. The molecule has 0 aromatic carbocycles. The third-order valence-electron chi connectivity index (χ3n) is 3.71. The van der Waals surface area contributed by atoms with Crippen LogP contribution < -0.4 is 5.32 Å². The lowest BCUT2D eigenvalue weighted by molar-refractivity contribution is 0.137. The van der Waals surface area contributed by atoms with Gasteiger partial charge >= 0.3 is 0 Å². The number of nitrogens with one attached hydrogen (secondary N) is 1. The van der Waals surface area contributed by atoms with Crippen LogP contribution in [0.25, 0.3) is 0 Å². The number of hydrogen-bond donors (Lipinski definition) is 2. The van der Waals surface area contributed by atoms with E-state index in [9.17, 15) is 5.11 Å². The van der Waals surface area contributed by atoms with Crippen molar-refractivity contribution in [2.45, 2.75) is 25.8 Å². The zero-order chi connectivity index (χ0) is 12.0.